The Bertz CT molecular complexity index is 547. The van der Waals surface area contributed by atoms with Gasteiger partial charge in [-0.2, -0.15) is 0 Å². The van der Waals surface area contributed by atoms with Crippen LogP contribution in [0.1, 0.15) is 11.1 Å². The van der Waals surface area contributed by atoms with E-state index in [2.05, 4.69) is 0 Å². The van der Waals surface area contributed by atoms with E-state index in [0.717, 1.165) is 16.7 Å². The molecular formula is C14H14O3. The number of rotatable bonds is 2. The summed E-state index contributed by atoms with van der Waals surface area (Å²) in [5.74, 6) is 0.334. The van der Waals surface area contributed by atoms with Gasteiger partial charge in [0.05, 0.1) is 6.61 Å². The van der Waals surface area contributed by atoms with Gasteiger partial charge < -0.3 is 15.3 Å². The molecule has 3 heteroatoms. The van der Waals surface area contributed by atoms with E-state index >= 15 is 0 Å². The maximum absolute atomic E-state index is 9.67. The lowest BCUT2D eigenvalue weighted by molar-refractivity contribution is 0.275. The van der Waals surface area contributed by atoms with Crippen LogP contribution in [-0.4, -0.2) is 15.3 Å². The molecule has 0 radical (unpaired) electrons. The van der Waals surface area contributed by atoms with Gasteiger partial charge in [-0.15, -0.1) is 0 Å². The molecule has 0 aromatic heterocycles. The van der Waals surface area contributed by atoms with Gasteiger partial charge in [-0.25, -0.2) is 0 Å². The molecule has 17 heavy (non-hydrogen) atoms. The Balaban J connectivity index is 2.46. The average Bonchev–Trinajstić information content (AvgIpc) is 2.32. The minimum absolute atomic E-state index is 0.0794. The van der Waals surface area contributed by atoms with Gasteiger partial charge in [0.2, 0.25) is 0 Å². The fraction of sp³-hybridized carbons (Fsp3) is 0.143. The van der Waals surface area contributed by atoms with Gasteiger partial charge in [0, 0.05) is 5.56 Å². The number of aliphatic hydroxyl groups excluding tert-OH is 1. The molecule has 0 saturated heterocycles. The second-order valence-electron chi connectivity index (χ2n) is 4.00. The lowest BCUT2D eigenvalue weighted by Gasteiger charge is -2.07. The molecule has 0 spiro atoms. The molecule has 0 amide bonds. The van der Waals surface area contributed by atoms with Crippen LogP contribution in [0.2, 0.25) is 0 Å². The van der Waals surface area contributed by atoms with Crippen molar-refractivity contribution >= 4 is 0 Å². The molecule has 0 unspecified atom stereocenters. The van der Waals surface area contributed by atoms with Crippen LogP contribution < -0.4 is 0 Å². The smallest absolute Gasteiger partial charge is 0.121 e. The summed E-state index contributed by atoms with van der Waals surface area (Å²) in [5, 5.41) is 28.1. The van der Waals surface area contributed by atoms with Gasteiger partial charge in [-0.1, -0.05) is 18.2 Å². The Morgan fingerprint density at radius 1 is 0.882 bits per heavy atom. The molecule has 0 aliphatic carbocycles. The number of hydrogen-bond donors (Lipinski definition) is 3. The minimum atomic E-state index is -0.180. The standard InChI is InChI=1S/C14H14O3/c1-9-6-10(4-5-13(9)16)11-2-3-12(8-15)14(17)7-11/h2-7,15-17H,8H2,1H3. The van der Waals surface area contributed by atoms with Crippen LogP contribution in [0.3, 0.4) is 0 Å². The van der Waals surface area contributed by atoms with E-state index < -0.39 is 0 Å². The molecule has 2 aromatic carbocycles. The van der Waals surface area contributed by atoms with Crippen molar-refractivity contribution in [2.24, 2.45) is 0 Å². The summed E-state index contributed by atoms with van der Waals surface area (Å²) >= 11 is 0. The molecule has 2 rings (SSSR count). The van der Waals surface area contributed by atoms with Gasteiger partial charge in [0.1, 0.15) is 11.5 Å². The summed E-state index contributed by atoms with van der Waals surface area (Å²) in [7, 11) is 0. The number of aryl methyl sites for hydroxylation is 1. The molecule has 3 nitrogen and oxygen atoms in total. The Hall–Kier alpha value is -2.00. The number of phenolic OH excluding ortho intramolecular Hbond substituents is 1. The Morgan fingerprint density at radius 3 is 2.12 bits per heavy atom. The van der Waals surface area contributed by atoms with E-state index in [-0.39, 0.29) is 18.1 Å². The van der Waals surface area contributed by atoms with Crippen LogP contribution >= 0.6 is 0 Å². The zero-order valence-corrected chi connectivity index (χ0v) is 9.51. The summed E-state index contributed by atoms with van der Waals surface area (Å²) in [4.78, 5) is 0. The second-order valence-corrected chi connectivity index (χ2v) is 4.00. The third kappa shape index (κ3) is 2.24. The Morgan fingerprint density at radius 2 is 1.53 bits per heavy atom. The molecule has 0 fully saturated rings. The third-order valence-electron chi connectivity index (χ3n) is 2.79. The van der Waals surface area contributed by atoms with Gasteiger partial charge in [0.15, 0.2) is 0 Å². The van der Waals surface area contributed by atoms with E-state index in [1.165, 1.54) is 0 Å². The summed E-state index contributed by atoms with van der Waals surface area (Å²) < 4.78 is 0. The van der Waals surface area contributed by atoms with Crippen molar-refractivity contribution in [1.82, 2.24) is 0 Å². The zero-order valence-electron chi connectivity index (χ0n) is 9.51. The SMILES string of the molecule is Cc1cc(-c2ccc(CO)c(O)c2)ccc1O. The first-order valence-corrected chi connectivity index (χ1v) is 5.34. The fourth-order valence-electron chi connectivity index (χ4n) is 1.71. The van der Waals surface area contributed by atoms with Crippen molar-refractivity contribution in [3.05, 3.63) is 47.5 Å². The van der Waals surface area contributed by atoms with Crippen molar-refractivity contribution in [3.63, 3.8) is 0 Å². The van der Waals surface area contributed by atoms with Gasteiger partial charge in [-0.3, -0.25) is 0 Å². The highest BCUT2D eigenvalue weighted by molar-refractivity contribution is 5.67. The number of hydrogen-bond acceptors (Lipinski definition) is 3. The van der Waals surface area contributed by atoms with Crippen molar-refractivity contribution in [2.75, 3.05) is 0 Å². The number of aliphatic hydroxyl groups is 1. The predicted octanol–water partition coefficient (Wildman–Crippen LogP) is 2.57. The normalized spacial score (nSPS) is 10.5. The van der Waals surface area contributed by atoms with Crippen molar-refractivity contribution < 1.29 is 15.3 Å². The molecule has 0 bridgehead atoms. The van der Waals surface area contributed by atoms with E-state index in [0.29, 0.717) is 5.56 Å². The lowest BCUT2D eigenvalue weighted by Crippen LogP contribution is -1.86. The summed E-state index contributed by atoms with van der Waals surface area (Å²) in [6, 6.07) is 10.4. The summed E-state index contributed by atoms with van der Waals surface area (Å²) in [6.45, 7) is 1.64. The first-order valence-electron chi connectivity index (χ1n) is 5.34. The topological polar surface area (TPSA) is 60.7 Å². The number of benzene rings is 2. The van der Waals surface area contributed by atoms with Crippen LogP contribution in [0.4, 0.5) is 0 Å². The van der Waals surface area contributed by atoms with Crippen LogP contribution in [-0.2, 0) is 6.61 Å². The van der Waals surface area contributed by atoms with Gasteiger partial charge >= 0.3 is 0 Å². The maximum Gasteiger partial charge on any atom is 0.121 e. The lowest BCUT2D eigenvalue weighted by atomic mass is 10.0. The summed E-state index contributed by atoms with van der Waals surface area (Å²) in [6.07, 6.45) is 0. The number of phenols is 2. The van der Waals surface area contributed by atoms with E-state index in [1.807, 2.05) is 19.1 Å². The van der Waals surface area contributed by atoms with Crippen LogP contribution in [0.15, 0.2) is 36.4 Å². The Kier molecular flexibility index (Phi) is 3.02. The molecule has 0 aliphatic heterocycles. The van der Waals surface area contributed by atoms with E-state index in [4.69, 9.17) is 5.11 Å². The minimum Gasteiger partial charge on any atom is -0.508 e. The largest absolute Gasteiger partial charge is 0.508 e. The highest BCUT2D eigenvalue weighted by Gasteiger charge is 2.05. The van der Waals surface area contributed by atoms with E-state index in [1.54, 1.807) is 24.3 Å². The highest BCUT2D eigenvalue weighted by atomic mass is 16.3. The number of aromatic hydroxyl groups is 2. The molecule has 0 aliphatic rings. The first kappa shape index (κ1) is 11.5. The van der Waals surface area contributed by atoms with Crippen molar-refractivity contribution in [3.8, 4) is 22.6 Å². The zero-order chi connectivity index (χ0) is 12.4. The molecule has 3 N–H and O–H groups in total. The molecule has 0 saturated carbocycles. The molecule has 88 valence electrons. The fourth-order valence-corrected chi connectivity index (χ4v) is 1.71. The maximum atomic E-state index is 9.67. The van der Waals surface area contributed by atoms with E-state index in [9.17, 15) is 10.2 Å². The predicted molar refractivity (Wildman–Crippen MR) is 65.9 cm³/mol. The molecule has 0 atom stereocenters. The molecule has 0 heterocycles. The Labute approximate surface area is 99.6 Å². The van der Waals surface area contributed by atoms with Crippen LogP contribution in [0.5, 0.6) is 11.5 Å². The van der Waals surface area contributed by atoms with Crippen LogP contribution in [0.25, 0.3) is 11.1 Å². The quantitative estimate of drug-likeness (QED) is 0.743. The highest BCUT2D eigenvalue weighted by Crippen LogP contribution is 2.29. The third-order valence-corrected chi connectivity index (χ3v) is 2.79. The van der Waals surface area contributed by atoms with Crippen LogP contribution in [0, 0.1) is 6.92 Å². The monoisotopic (exact) mass is 230 g/mol. The van der Waals surface area contributed by atoms with Crippen molar-refractivity contribution in [1.29, 1.82) is 0 Å². The molecule has 2 aromatic rings. The average molecular weight is 230 g/mol. The van der Waals surface area contributed by atoms with Crippen molar-refractivity contribution in [2.45, 2.75) is 13.5 Å². The molecular weight excluding hydrogens is 216 g/mol. The van der Waals surface area contributed by atoms with Gasteiger partial charge in [0.25, 0.3) is 0 Å². The van der Waals surface area contributed by atoms with Gasteiger partial charge in [-0.05, 0) is 41.8 Å². The second kappa shape index (κ2) is 4.47. The first-order chi connectivity index (χ1) is 8.11. The summed E-state index contributed by atoms with van der Waals surface area (Å²) in [5.41, 5.74) is 3.06.